The minimum atomic E-state index is -3.40. The lowest BCUT2D eigenvalue weighted by Crippen LogP contribution is -2.25. The number of hydrogen-bond donors (Lipinski definition) is 2. The Kier molecular flexibility index (Phi) is 5.79. The second-order valence-corrected chi connectivity index (χ2v) is 5.53. The van der Waals surface area contributed by atoms with Gasteiger partial charge in [0.2, 0.25) is 0 Å². The van der Waals surface area contributed by atoms with Crippen LogP contribution in [0.2, 0.25) is 0 Å². The van der Waals surface area contributed by atoms with Gasteiger partial charge in [-0.25, -0.2) is 18.1 Å². The van der Waals surface area contributed by atoms with Crippen molar-refractivity contribution in [3.8, 4) is 0 Å². The van der Waals surface area contributed by atoms with Gasteiger partial charge in [-0.3, -0.25) is 0 Å². The molecule has 0 fully saturated rings. The van der Waals surface area contributed by atoms with Gasteiger partial charge < -0.3 is 4.98 Å². The third kappa shape index (κ3) is 4.51. The molecule has 1 heterocycles. The molecule has 0 unspecified atom stereocenters. The summed E-state index contributed by atoms with van der Waals surface area (Å²) in [7, 11) is -3.40. The van der Waals surface area contributed by atoms with E-state index in [2.05, 4.69) is 14.7 Å². The van der Waals surface area contributed by atoms with Crippen LogP contribution < -0.4 is 4.72 Å². The molecule has 0 atom stereocenters. The zero-order chi connectivity index (χ0) is 11.9. The van der Waals surface area contributed by atoms with Crippen molar-refractivity contribution in [2.45, 2.75) is 30.7 Å². The SMILES string of the molecule is O=S(=O)(NCCCCCCCl)c1cnc[nH]1. The van der Waals surface area contributed by atoms with Gasteiger partial charge >= 0.3 is 0 Å². The Morgan fingerprint density at radius 1 is 1.31 bits per heavy atom. The molecule has 5 nitrogen and oxygen atoms in total. The highest BCUT2D eigenvalue weighted by molar-refractivity contribution is 7.89. The number of halogens is 1. The van der Waals surface area contributed by atoms with Crippen LogP contribution in [0.25, 0.3) is 0 Å². The Morgan fingerprint density at radius 3 is 2.69 bits per heavy atom. The van der Waals surface area contributed by atoms with Crippen molar-refractivity contribution in [2.75, 3.05) is 12.4 Å². The molecule has 1 aromatic rings. The van der Waals surface area contributed by atoms with Crippen LogP contribution in [-0.2, 0) is 10.0 Å². The summed E-state index contributed by atoms with van der Waals surface area (Å²) in [4.78, 5) is 6.23. The fourth-order valence-corrected chi connectivity index (χ4v) is 2.41. The maximum atomic E-state index is 11.6. The normalized spacial score (nSPS) is 11.8. The average Bonchev–Trinajstić information content (AvgIpc) is 2.77. The van der Waals surface area contributed by atoms with Gasteiger partial charge in [-0.05, 0) is 12.8 Å². The molecule has 1 aromatic heterocycles. The van der Waals surface area contributed by atoms with Crippen LogP contribution >= 0.6 is 11.6 Å². The standard InChI is InChI=1S/C9H16ClN3O2S/c10-5-3-1-2-4-6-13-16(14,15)9-7-11-8-12-9/h7-8,13H,1-6H2,(H,11,12). The molecule has 16 heavy (non-hydrogen) atoms. The summed E-state index contributed by atoms with van der Waals surface area (Å²) in [5.74, 6) is 0.667. The zero-order valence-electron chi connectivity index (χ0n) is 8.95. The molecule has 0 aliphatic carbocycles. The van der Waals surface area contributed by atoms with E-state index in [1.807, 2.05) is 0 Å². The van der Waals surface area contributed by atoms with E-state index >= 15 is 0 Å². The van der Waals surface area contributed by atoms with E-state index in [4.69, 9.17) is 11.6 Å². The Balaban J connectivity index is 2.22. The molecule has 0 aromatic carbocycles. The molecule has 0 spiro atoms. The maximum Gasteiger partial charge on any atom is 0.257 e. The summed E-state index contributed by atoms with van der Waals surface area (Å²) in [5.41, 5.74) is 0. The lowest BCUT2D eigenvalue weighted by molar-refractivity contribution is 0.571. The molecular formula is C9H16ClN3O2S. The number of aromatic nitrogens is 2. The number of nitrogens with zero attached hydrogens (tertiary/aromatic N) is 1. The van der Waals surface area contributed by atoms with Crippen molar-refractivity contribution < 1.29 is 8.42 Å². The minimum absolute atomic E-state index is 0.105. The van der Waals surface area contributed by atoms with E-state index in [0.717, 1.165) is 25.7 Å². The number of unbranched alkanes of at least 4 members (excludes halogenated alkanes) is 3. The van der Waals surface area contributed by atoms with Crippen molar-refractivity contribution in [2.24, 2.45) is 0 Å². The number of alkyl halides is 1. The predicted molar refractivity (Wildman–Crippen MR) is 63.0 cm³/mol. The number of nitrogens with one attached hydrogen (secondary N) is 2. The Labute approximate surface area is 101 Å². The van der Waals surface area contributed by atoms with E-state index in [9.17, 15) is 8.42 Å². The van der Waals surface area contributed by atoms with Crippen molar-refractivity contribution in [3.05, 3.63) is 12.5 Å². The van der Waals surface area contributed by atoms with Gasteiger partial charge in [0.15, 0.2) is 5.03 Å². The van der Waals surface area contributed by atoms with Crippen molar-refractivity contribution in [1.29, 1.82) is 0 Å². The smallest absolute Gasteiger partial charge is 0.257 e. The predicted octanol–water partition coefficient (Wildman–Crippen LogP) is 1.49. The molecule has 1 rings (SSSR count). The second kappa shape index (κ2) is 6.88. The third-order valence-corrected chi connectivity index (χ3v) is 3.77. The summed E-state index contributed by atoms with van der Waals surface area (Å²) in [6.45, 7) is 0.448. The quantitative estimate of drug-likeness (QED) is 0.552. The monoisotopic (exact) mass is 265 g/mol. The number of hydrogen-bond acceptors (Lipinski definition) is 3. The van der Waals surface area contributed by atoms with Crippen LogP contribution in [0.5, 0.6) is 0 Å². The number of imidazole rings is 1. The highest BCUT2D eigenvalue weighted by Gasteiger charge is 2.13. The van der Waals surface area contributed by atoms with Gasteiger partial charge in [-0.2, -0.15) is 0 Å². The van der Waals surface area contributed by atoms with E-state index in [1.165, 1.54) is 12.5 Å². The molecule has 92 valence electrons. The number of sulfonamides is 1. The Hall–Kier alpha value is -0.590. The molecular weight excluding hydrogens is 250 g/mol. The molecule has 7 heteroatoms. The number of aromatic amines is 1. The first-order chi connectivity index (χ1) is 7.67. The highest BCUT2D eigenvalue weighted by Crippen LogP contribution is 2.03. The summed E-state index contributed by atoms with van der Waals surface area (Å²) >= 11 is 5.53. The summed E-state index contributed by atoms with van der Waals surface area (Å²) < 4.78 is 25.7. The fraction of sp³-hybridized carbons (Fsp3) is 0.667. The van der Waals surface area contributed by atoms with Crippen molar-refractivity contribution >= 4 is 21.6 Å². The largest absolute Gasteiger partial charge is 0.335 e. The summed E-state index contributed by atoms with van der Waals surface area (Å²) in [6.07, 6.45) is 6.46. The molecule has 0 radical (unpaired) electrons. The van der Waals surface area contributed by atoms with Crippen LogP contribution in [-0.4, -0.2) is 30.8 Å². The second-order valence-electron chi connectivity index (χ2n) is 3.42. The molecule has 0 aliphatic rings. The van der Waals surface area contributed by atoms with Crippen LogP contribution in [0.15, 0.2) is 17.6 Å². The van der Waals surface area contributed by atoms with Crippen molar-refractivity contribution in [3.63, 3.8) is 0 Å². The van der Waals surface area contributed by atoms with Gasteiger partial charge in [0, 0.05) is 12.4 Å². The van der Waals surface area contributed by atoms with Crippen LogP contribution in [0.4, 0.5) is 0 Å². The lowest BCUT2D eigenvalue weighted by Gasteiger charge is -2.03. The lowest BCUT2D eigenvalue weighted by atomic mass is 10.2. The van der Waals surface area contributed by atoms with Gasteiger partial charge in [0.1, 0.15) is 0 Å². The molecule has 0 aliphatic heterocycles. The third-order valence-electron chi connectivity index (χ3n) is 2.12. The van der Waals surface area contributed by atoms with Gasteiger partial charge in [-0.15, -0.1) is 11.6 Å². The maximum absolute atomic E-state index is 11.6. The number of rotatable bonds is 8. The fourth-order valence-electron chi connectivity index (χ4n) is 1.25. The van der Waals surface area contributed by atoms with Gasteiger partial charge in [0.25, 0.3) is 10.0 Å². The Morgan fingerprint density at radius 2 is 2.06 bits per heavy atom. The topological polar surface area (TPSA) is 74.8 Å². The number of H-pyrrole nitrogens is 1. The Bertz CT molecular complexity index is 377. The van der Waals surface area contributed by atoms with E-state index in [-0.39, 0.29) is 5.03 Å². The van der Waals surface area contributed by atoms with Gasteiger partial charge in [-0.1, -0.05) is 12.8 Å². The molecule has 0 saturated carbocycles. The highest BCUT2D eigenvalue weighted by atomic mass is 35.5. The van der Waals surface area contributed by atoms with Gasteiger partial charge in [0.05, 0.1) is 12.5 Å². The first-order valence-electron chi connectivity index (χ1n) is 5.21. The first-order valence-corrected chi connectivity index (χ1v) is 7.22. The van der Waals surface area contributed by atoms with Crippen molar-refractivity contribution in [1.82, 2.24) is 14.7 Å². The van der Waals surface area contributed by atoms with Crippen LogP contribution in [0.3, 0.4) is 0 Å². The summed E-state index contributed by atoms with van der Waals surface area (Å²) in [6, 6.07) is 0. The molecule has 0 bridgehead atoms. The van der Waals surface area contributed by atoms with E-state index < -0.39 is 10.0 Å². The zero-order valence-corrected chi connectivity index (χ0v) is 10.5. The van der Waals surface area contributed by atoms with E-state index in [1.54, 1.807) is 0 Å². The average molecular weight is 266 g/mol. The van der Waals surface area contributed by atoms with Crippen LogP contribution in [0, 0.1) is 0 Å². The molecule has 2 N–H and O–H groups in total. The van der Waals surface area contributed by atoms with Crippen LogP contribution in [0.1, 0.15) is 25.7 Å². The first kappa shape index (κ1) is 13.5. The molecule has 0 amide bonds. The van der Waals surface area contributed by atoms with E-state index in [0.29, 0.717) is 12.4 Å². The summed E-state index contributed by atoms with van der Waals surface area (Å²) in [5, 5.41) is 0.105. The molecule has 0 saturated heterocycles. The minimum Gasteiger partial charge on any atom is -0.335 e.